The summed E-state index contributed by atoms with van der Waals surface area (Å²) in [4.78, 5) is 17.5. The smallest absolute Gasteiger partial charge is 0.243 e. The van der Waals surface area contributed by atoms with Crippen LogP contribution in [0.1, 0.15) is 36.0 Å². The summed E-state index contributed by atoms with van der Waals surface area (Å²) in [7, 11) is -1.80. The minimum atomic E-state index is -3.47. The van der Waals surface area contributed by atoms with Crippen molar-refractivity contribution < 1.29 is 17.9 Å². The highest BCUT2D eigenvalue weighted by Gasteiger charge is 2.31. The molecule has 1 fully saturated rings. The van der Waals surface area contributed by atoms with Gasteiger partial charge in [0.2, 0.25) is 15.9 Å². The lowest BCUT2D eigenvalue weighted by Gasteiger charge is -2.30. The molecular weight excluding hydrogens is 438 g/mol. The number of benzene rings is 2. The third kappa shape index (κ3) is 4.39. The number of hydrogen-bond donors (Lipinski definition) is 0. The summed E-state index contributed by atoms with van der Waals surface area (Å²) in [6, 6.07) is 11.4. The lowest BCUT2D eigenvalue weighted by atomic mass is 9.99. The number of hydrogen-bond acceptors (Lipinski definition) is 5. The van der Waals surface area contributed by atoms with Crippen molar-refractivity contribution in [3.8, 4) is 5.75 Å². The Hall–Kier alpha value is -2.42. The monoisotopic (exact) mass is 469 g/mol. The van der Waals surface area contributed by atoms with Crippen LogP contribution in [0.3, 0.4) is 0 Å². The van der Waals surface area contributed by atoms with Crippen LogP contribution in [0, 0.1) is 0 Å². The van der Waals surface area contributed by atoms with Gasteiger partial charge in [-0.05, 0) is 72.7 Å². The molecule has 0 bridgehead atoms. The zero-order valence-corrected chi connectivity index (χ0v) is 19.9. The Bertz CT molecular complexity index is 1160. The van der Waals surface area contributed by atoms with Gasteiger partial charge in [0, 0.05) is 38.4 Å². The van der Waals surface area contributed by atoms with Crippen LogP contribution < -0.4 is 9.64 Å². The topological polar surface area (TPSA) is 70.2 Å². The third-order valence-electron chi connectivity index (χ3n) is 7.06. The highest BCUT2D eigenvalue weighted by atomic mass is 32.2. The highest BCUT2D eigenvalue weighted by molar-refractivity contribution is 7.89. The fraction of sp³-hybridized carbons (Fsp3) is 0.480. The Labute approximate surface area is 196 Å². The normalized spacial score (nSPS) is 19.2. The SMILES string of the molecule is COc1ccc2c(c1)CN(CC(=O)N1CCc3cc(S(=O)(=O)N4CCCCC4)ccc31)CC2. The van der Waals surface area contributed by atoms with E-state index in [9.17, 15) is 13.2 Å². The maximum Gasteiger partial charge on any atom is 0.243 e. The molecule has 0 atom stereocenters. The maximum absolute atomic E-state index is 13.2. The number of amides is 1. The van der Waals surface area contributed by atoms with Crippen molar-refractivity contribution in [1.29, 1.82) is 0 Å². The minimum absolute atomic E-state index is 0.0618. The Balaban J connectivity index is 1.28. The van der Waals surface area contributed by atoms with Crippen LogP contribution in [-0.4, -0.2) is 63.4 Å². The van der Waals surface area contributed by atoms with E-state index in [2.05, 4.69) is 17.0 Å². The Morgan fingerprint density at radius 1 is 0.909 bits per heavy atom. The number of anilines is 1. The van der Waals surface area contributed by atoms with Gasteiger partial charge >= 0.3 is 0 Å². The molecule has 3 heterocycles. The van der Waals surface area contributed by atoms with E-state index in [0.29, 0.717) is 37.5 Å². The van der Waals surface area contributed by atoms with Crippen molar-refractivity contribution in [3.05, 3.63) is 53.1 Å². The van der Waals surface area contributed by atoms with Crippen molar-refractivity contribution in [2.45, 2.75) is 43.5 Å². The van der Waals surface area contributed by atoms with E-state index in [1.165, 1.54) is 11.1 Å². The Morgan fingerprint density at radius 2 is 1.70 bits per heavy atom. The Morgan fingerprint density at radius 3 is 2.48 bits per heavy atom. The molecule has 2 aromatic carbocycles. The summed E-state index contributed by atoms with van der Waals surface area (Å²) in [6.45, 7) is 3.71. The molecule has 0 saturated carbocycles. The number of fused-ring (bicyclic) bond motifs is 2. The van der Waals surface area contributed by atoms with E-state index >= 15 is 0 Å². The van der Waals surface area contributed by atoms with Gasteiger partial charge < -0.3 is 9.64 Å². The average Bonchev–Trinajstić information content (AvgIpc) is 3.27. The van der Waals surface area contributed by atoms with Gasteiger partial charge in [0.15, 0.2) is 0 Å². The first-order valence-electron chi connectivity index (χ1n) is 11.8. The van der Waals surface area contributed by atoms with Crippen molar-refractivity contribution in [3.63, 3.8) is 0 Å². The number of piperidine rings is 1. The van der Waals surface area contributed by atoms with Crippen LogP contribution in [0.4, 0.5) is 5.69 Å². The van der Waals surface area contributed by atoms with Crippen molar-refractivity contribution in [1.82, 2.24) is 9.21 Å². The first-order chi connectivity index (χ1) is 16.0. The molecule has 0 N–H and O–H groups in total. The molecule has 0 aromatic heterocycles. The van der Waals surface area contributed by atoms with Crippen LogP contribution in [0.2, 0.25) is 0 Å². The van der Waals surface area contributed by atoms with Gasteiger partial charge in [-0.2, -0.15) is 4.31 Å². The number of nitrogens with zero attached hydrogens (tertiary/aromatic N) is 3. The molecule has 1 amide bonds. The lowest BCUT2D eigenvalue weighted by molar-refractivity contribution is -0.119. The molecule has 0 radical (unpaired) electrons. The van der Waals surface area contributed by atoms with Gasteiger partial charge in [-0.3, -0.25) is 9.69 Å². The number of rotatable bonds is 5. The van der Waals surface area contributed by atoms with E-state index < -0.39 is 10.0 Å². The van der Waals surface area contributed by atoms with Crippen LogP contribution in [-0.2, 0) is 34.2 Å². The van der Waals surface area contributed by atoms with Gasteiger partial charge in [0.05, 0.1) is 18.6 Å². The van der Waals surface area contributed by atoms with Gasteiger partial charge in [-0.25, -0.2) is 8.42 Å². The molecule has 1 saturated heterocycles. The predicted octanol–water partition coefficient (Wildman–Crippen LogP) is 2.82. The summed E-state index contributed by atoms with van der Waals surface area (Å²) in [5, 5.41) is 0. The van der Waals surface area contributed by atoms with E-state index in [0.717, 1.165) is 55.8 Å². The zero-order chi connectivity index (χ0) is 23.0. The van der Waals surface area contributed by atoms with Crippen LogP contribution in [0.15, 0.2) is 41.3 Å². The maximum atomic E-state index is 13.2. The lowest BCUT2D eigenvalue weighted by Crippen LogP contribution is -2.41. The van der Waals surface area contributed by atoms with Gasteiger partial charge in [-0.15, -0.1) is 0 Å². The molecule has 8 heteroatoms. The fourth-order valence-electron chi connectivity index (χ4n) is 5.18. The molecular formula is C25H31N3O4S. The van der Waals surface area contributed by atoms with Gasteiger partial charge in [-0.1, -0.05) is 12.5 Å². The molecule has 3 aliphatic rings. The minimum Gasteiger partial charge on any atom is -0.497 e. The van der Waals surface area contributed by atoms with Crippen molar-refractivity contribution in [2.75, 3.05) is 44.7 Å². The average molecular weight is 470 g/mol. The summed E-state index contributed by atoms with van der Waals surface area (Å²) >= 11 is 0. The van der Waals surface area contributed by atoms with E-state index in [1.807, 2.05) is 17.0 Å². The molecule has 0 spiro atoms. The number of ether oxygens (including phenoxy) is 1. The van der Waals surface area contributed by atoms with Gasteiger partial charge in [0.1, 0.15) is 5.75 Å². The molecule has 176 valence electrons. The molecule has 3 aliphatic heterocycles. The second kappa shape index (κ2) is 9.08. The predicted molar refractivity (Wildman–Crippen MR) is 127 cm³/mol. The summed E-state index contributed by atoms with van der Waals surface area (Å²) in [5.74, 6) is 0.900. The summed E-state index contributed by atoms with van der Waals surface area (Å²) in [6.07, 6.45) is 4.52. The highest BCUT2D eigenvalue weighted by Crippen LogP contribution is 2.32. The largest absolute Gasteiger partial charge is 0.497 e. The molecule has 7 nitrogen and oxygen atoms in total. The van der Waals surface area contributed by atoms with E-state index in [-0.39, 0.29) is 5.91 Å². The van der Waals surface area contributed by atoms with Crippen molar-refractivity contribution in [2.24, 2.45) is 0 Å². The number of carbonyl (C=O) groups is 1. The first-order valence-corrected chi connectivity index (χ1v) is 13.2. The number of sulfonamides is 1. The second-order valence-corrected chi connectivity index (χ2v) is 11.1. The first kappa shape index (κ1) is 22.4. The molecule has 2 aromatic rings. The zero-order valence-electron chi connectivity index (χ0n) is 19.1. The fourth-order valence-corrected chi connectivity index (χ4v) is 6.75. The van der Waals surface area contributed by atoms with Crippen LogP contribution >= 0.6 is 0 Å². The van der Waals surface area contributed by atoms with Crippen LogP contribution in [0.25, 0.3) is 0 Å². The number of carbonyl (C=O) groups excluding carboxylic acids is 1. The summed E-state index contributed by atoms with van der Waals surface area (Å²) in [5.41, 5.74) is 4.31. The molecule has 0 unspecified atom stereocenters. The van der Waals surface area contributed by atoms with E-state index in [1.54, 1.807) is 23.5 Å². The van der Waals surface area contributed by atoms with Crippen molar-refractivity contribution >= 4 is 21.6 Å². The molecule has 33 heavy (non-hydrogen) atoms. The quantitative estimate of drug-likeness (QED) is 0.674. The summed E-state index contributed by atoms with van der Waals surface area (Å²) < 4.78 is 33.0. The second-order valence-electron chi connectivity index (χ2n) is 9.15. The molecule has 5 rings (SSSR count). The standard InChI is InChI=1S/C25H31N3O4S/c1-32-22-6-5-19-9-13-26(17-21(19)15-22)18-25(29)28-14-10-20-16-23(7-8-24(20)28)33(30,31)27-11-3-2-4-12-27/h5-8,15-16H,2-4,9-14,17-18H2,1H3. The van der Waals surface area contributed by atoms with E-state index in [4.69, 9.17) is 4.74 Å². The molecule has 0 aliphatic carbocycles. The van der Waals surface area contributed by atoms with Gasteiger partial charge in [0.25, 0.3) is 0 Å². The van der Waals surface area contributed by atoms with Crippen LogP contribution in [0.5, 0.6) is 5.75 Å². The Kier molecular flexibility index (Phi) is 6.16. The number of methoxy groups -OCH3 is 1. The third-order valence-corrected chi connectivity index (χ3v) is 8.96.